The van der Waals surface area contributed by atoms with Crippen molar-refractivity contribution in [3.05, 3.63) is 0 Å². The molecular formula is C19H33FN2O5SSi. The van der Waals surface area contributed by atoms with E-state index < -0.39 is 49.9 Å². The van der Waals surface area contributed by atoms with Crippen molar-refractivity contribution >= 4 is 37.6 Å². The van der Waals surface area contributed by atoms with Gasteiger partial charge >= 0.3 is 6.09 Å². The zero-order chi connectivity index (χ0) is 22.4. The summed E-state index contributed by atoms with van der Waals surface area (Å²) < 4.78 is 32.8. The molecule has 2 rings (SSSR count). The second kappa shape index (κ2) is 8.28. The Kier molecular flexibility index (Phi) is 6.94. The van der Waals surface area contributed by atoms with Crippen LogP contribution < -0.4 is 0 Å². The van der Waals surface area contributed by atoms with Crippen molar-refractivity contribution in [2.75, 3.05) is 7.05 Å². The summed E-state index contributed by atoms with van der Waals surface area (Å²) in [5, 5.41) is 0.154. The summed E-state index contributed by atoms with van der Waals surface area (Å²) in [5.74, 6) is 0. The molecule has 1 fully saturated rings. The van der Waals surface area contributed by atoms with E-state index in [9.17, 15) is 9.59 Å². The van der Waals surface area contributed by atoms with E-state index in [1.165, 1.54) is 11.9 Å². The Morgan fingerprint density at radius 1 is 1.28 bits per heavy atom. The monoisotopic (exact) mass is 448 g/mol. The molecule has 0 saturated carbocycles. The molecule has 0 spiro atoms. The van der Waals surface area contributed by atoms with E-state index in [-0.39, 0.29) is 5.04 Å². The molecule has 0 radical (unpaired) electrons. The molecule has 166 valence electrons. The Hall–Kier alpha value is -0.973. The number of alkyl halides is 1. The molecule has 0 unspecified atom stereocenters. The smallest absolute Gasteiger partial charge is 0.416 e. The van der Waals surface area contributed by atoms with Crippen LogP contribution in [0.3, 0.4) is 0 Å². The topological polar surface area (TPSA) is 77.4 Å². The van der Waals surface area contributed by atoms with Crippen molar-refractivity contribution in [1.82, 2.24) is 4.90 Å². The van der Waals surface area contributed by atoms with Gasteiger partial charge in [0.05, 0.1) is 0 Å². The molecule has 1 amide bonds. The van der Waals surface area contributed by atoms with Crippen LogP contribution in [0, 0.1) is 0 Å². The number of fused-ring (bicyclic) bond motifs is 1. The number of carbonyl (C=O) groups is 2. The summed E-state index contributed by atoms with van der Waals surface area (Å²) in [6.07, 6.45) is -3.55. The highest BCUT2D eigenvalue weighted by Crippen LogP contribution is 2.43. The second-order valence-corrected chi connectivity index (χ2v) is 15.8. The fourth-order valence-corrected chi connectivity index (χ4v) is 5.12. The first-order valence-electron chi connectivity index (χ1n) is 9.71. The molecule has 0 bridgehead atoms. The first kappa shape index (κ1) is 24.3. The summed E-state index contributed by atoms with van der Waals surface area (Å²) >= 11 is 1.12. The van der Waals surface area contributed by atoms with E-state index >= 15 is 4.39 Å². The normalized spacial score (nSPS) is 30.4. The Labute approximate surface area is 177 Å². The van der Waals surface area contributed by atoms with Gasteiger partial charge in [-0.25, -0.2) is 9.18 Å². The fraction of sp³-hybridized carbons (Fsp3) is 0.842. The number of carbonyl (C=O) groups excluding carboxylic acids is 2. The van der Waals surface area contributed by atoms with Crippen LogP contribution in [-0.4, -0.2) is 73.3 Å². The molecule has 29 heavy (non-hydrogen) atoms. The highest BCUT2D eigenvalue weighted by molar-refractivity contribution is 8.14. The summed E-state index contributed by atoms with van der Waals surface area (Å²) in [7, 11) is -0.819. The molecule has 7 nitrogen and oxygen atoms in total. The molecule has 2 aliphatic heterocycles. The first-order valence-corrected chi connectivity index (χ1v) is 13.5. The number of thioether (sulfide) groups is 1. The number of ether oxygens (including phenoxy) is 2. The molecule has 0 aromatic carbocycles. The van der Waals surface area contributed by atoms with Gasteiger partial charge in [0.15, 0.2) is 25.9 Å². The summed E-state index contributed by atoms with van der Waals surface area (Å²) in [5.41, 5.74) is -1.36. The van der Waals surface area contributed by atoms with E-state index in [4.69, 9.17) is 13.9 Å². The van der Waals surface area contributed by atoms with Crippen molar-refractivity contribution in [2.45, 2.75) is 95.1 Å². The predicted molar refractivity (Wildman–Crippen MR) is 115 cm³/mol. The van der Waals surface area contributed by atoms with Gasteiger partial charge in [0, 0.05) is 7.05 Å². The third kappa shape index (κ3) is 5.39. The molecule has 1 saturated heterocycles. The largest absolute Gasteiger partial charge is 0.443 e. The van der Waals surface area contributed by atoms with Gasteiger partial charge in [-0.15, -0.1) is 0 Å². The molecule has 0 aromatic rings. The van der Waals surface area contributed by atoms with Gasteiger partial charge in [0.25, 0.3) is 0 Å². The SMILES string of the molecule is CN(C(=O)OC(C)(C)C)C1=N[C@@H]2[C@@H](F)[C@H](O[Si](C)(C)C(C)(C)C)[C@@H](C=O)O[C@@H]2S1. The van der Waals surface area contributed by atoms with Crippen LogP contribution in [0.15, 0.2) is 4.99 Å². The average Bonchev–Trinajstić information content (AvgIpc) is 2.98. The zero-order valence-electron chi connectivity index (χ0n) is 18.7. The van der Waals surface area contributed by atoms with Gasteiger partial charge in [0.1, 0.15) is 29.3 Å². The molecular weight excluding hydrogens is 415 g/mol. The number of aldehydes is 1. The van der Waals surface area contributed by atoms with E-state index in [1.807, 2.05) is 33.9 Å². The van der Waals surface area contributed by atoms with Gasteiger partial charge in [-0.1, -0.05) is 32.5 Å². The lowest BCUT2D eigenvalue weighted by Gasteiger charge is -2.44. The Morgan fingerprint density at radius 3 is 2.34 bits per heavy atom. The lowest BCUT2D eigenvalue weighted by atomic mass is 10.0. The molecule has 2 heterocycles. The van der Waals surface area contributed by atoms with Crippen LogP contribution in [-0.2, 0) is 18.7 Å². The number of nitrogens with zero attached hydrogens (tertiary/aromatic N) is 2. The zero-order valence-corrected chi connectivity index (χ0v) is 20.5. The van der Waals surface area contributed by atoms with Crippen LogP contribution in [0.2, 0.25) is 18.1 Å². The number of aliphatic imine (C=N–C) groups is 1. The van der Waals surface area contributed by atoms with Crippen molar-refractivity contribution in [2.24, 2.45) is 4.99 Å². The summed E-state index contributed by atoms with van der Waals surface area (Å²) in [6.45, 7) is 15.4. The molecule has 10 heteroatoms. The Bertz CT molecular complexity index is 676. The minimum absolute atomic E-state index is 0.146. The van der Waals surface area contributed by atoms with Gasteiger partial charge in [0.2, 0.25) is 0 Å². The minimum atomic E-state index is -2.34. The third-order valence-corrected chi connectivity index (χ3v) is 11.0. The highest BCUT2D eigenvalue weighted by Gasteiger charge is 2.54. The van der Waals surface area contributed by atoms with Crippen LogP contribution >= 0.6 is 11.8 Å². The summed E-state index contributed by atoms with van der Waals surface area (Å²) in [4.78, 5) is 29.6. The van der Waals surface area contributed by atoms with Crippen molar-refractivity contribution in [3.63, 3.8) is 0 Å². The fourth-order valence-electron chi connectivity index (χ4n) is 2.66. The minimum Gasteiger partial charge on any atom is -0.443 e. The maximum absolute atomic E-state index is 15.5. The average molecular weight is 449 g/mol. The van der Waals surface area contributed by atoms with E-state index in [1.54, 1.807) is 20.8 Å². The lowest BCUT2D eigenvalue weighted by Crippen LogP contribution is -2.59. The molecule has 2 aliphatic rings. The standard InChI is InChI=1S/C19H33FN2O5SSi/c1-18(2,3)26-17(24)22(7)16-21-13-12(20)14(11(10-23)25-15(13)28-16)27-29(8,9)19(4,5)6/h10-15H,1-9H3/t11-,12-,13-,14-,15-/m1/s1. The number of amides is 1. The van der Waals surface area contributed by atoms with Crippen LogP contribution in [0.5, 0.6) is 0 Å². The van der Waals surface area contributed by atoms with Crippen LogP contribution in [0.4, 0.5) is 9.18 Å². The van der Waals surface area contributed by atoms with Crippen molar-refractivity contribution in [1.29, 1.82) is 0 Å². The first-order chi connectivity index (χ1) is 13.1. The number of hydrogen-bond donors (Lipinski definition) is 0. The summed E-state index contributed by atoms with van der Waals surface area (Å²) in [6, 6.07) is -0.856. The number of hydrogen-bond acceptors (Lipinski definition) is 7. The van der Waals surface area contributed by atoms with Gasteiger partial charge < -0.3 is 18.7 Å². The number of halogens is 1. The number of rotatable bonds is 3. The predicted octanol–water partition coefficient (Wildman–Crippen LogP) is 3.98. The number of amidine groups is 1. The van der Waals surface area contributed by atoms with Gasteiger partial charge in [-0.2, -0.15) is 0 Å². The Balaban J connectivity index is 2.21. The van der Waals surface area contributed by atoms with Crippen LogP contribution in [0.25, 0.3) is 0 Å². The molecule has 5 atom stereocenters. The van der Waals surface area contributed by atoms with Gasteiger partial charge in [-0.05, 0) is 38.9 Å². The lowest BCUT2D eigenvalue weighted by molar-refractivity contribution is -0.146. The van der Waals surface area contributed by atoms with E-state index in [0.29, 0.717) is 11.5 Å². The van der Waals surface area contributed by atoms with Gasteiger partial charge in [-0.3, -0.25) is 9.89 Å². The van der Waals surface area contributed by atoms with Crippen molar-refractivity contribution < 1.29 is 27.9 Å². The third-order valence-electron chi connectivity index (χ3n) is 5.34. The van der Waals surface area contributed by atoms with Crippen LogP contribution in [0.1, 0.15) is 41.5 Å². The Morgan fingerprint density at radius 2 is 1.86 bits per heavy atom. The molecule has 0 aromatic heterocycles. The maximum atomic E-state index is 15.5. The van der Waals surface area contributed by atoms with E-state index in [0.717, 1.165) is 11.8 Å². The second-order valence-electron chi connectivity index (χ2n) is 9.95. The quantitative estimate of drug-likeness (QED) is 0.480. The molecule has 0 aliphatic carbocycles. The van der Waals surface area contributed by atoms with Crippen molar-refractivity contribution in [3.8, 4) is 0 Å². The highest BCUT2D eigenvalue weighted by atomic mass is 32.2. The molecule has 0 N–H and O–H groups in total. The maximum Gasteiger partial charge on any atom is 0.416 e. The van der Waals surface area contributed by atoms with E-state index in [2.05, 4.69) is 4.99 Å².